The van der Waals surface area contributed by atoms with Crippen molar-refractivity contribution >= 4 is 23.5 Å². The van der Waals surface area contributed by atoms with E-state index in [0.29, 0.717) is 0 Å². The van der Waals surface area contributed by atoms with Gasteiger partial charge in [-0.1, -0.05) is 29.8 Å². The zero-order valence-electron chi connectivity index (χ0n) is 14.2. The van der Waals surface area contributed by atoms with E-state index in [0.717, 1.165) is 49.5 Å². The average Bonchev–Trinajstić information content (AvgIpc) is 2.78. The lowest BCUT2D eigenvalue weighted by Crippen LogP contribution is -2.55. The van der Waals surface area contributed by atoms with Gasteiger partial charge in [0.2, 0.25) is 0 Å². The van der Waals surface area contributed by atoms with Crippen molar-refractivity contribution in [3.8, 4) is 0 Å². The van der Waals surface area contributed by atoms with Gasteiger partial charge in [-0.2, -0.15) is 0 Å². The standard InChI is InChI=1S/C18H24ClN3O2/c1-18(16(23)21(2)17(24)20-18)14-7-5-10-22(12-14)11-9-13-6-3-4-8-15(13)19/h3-4,6,8,14H,5,7,9-12H2,1-2H3,(H,20,24)/t14-,18-/m1/s1. The molecule has 1 aromatic rings. The quantitative estimate of drug-likeness (QED) is 0.850. The van der Waals surface area contributed by atoms with Crippen molar-refractivity contribution in [3.63, 3.8) is 0 Å². The Hall–Kier alpha value is -1.59. The molecule has 5 nitrogen and oxygen atoms in total. The van der Waals surface area contributed by atoms with E-state index in [2.05, 4.69) is 16.3 Å². The van der Waals surface area contributed by atoms with Gasteiger partial charge in [-0.25, -0.2) is 4.79 Å². The summed E-state index contributed by atoms with van der Waals surface area (Å²) in [6.07, 6.45) is 2.89. The van der Waals surface area contributed by atoms with Crippen LogP contribution < -0.4 is 5.32 Å². The molecule has 0 aromatic heterocycles. The molecule has 3 rings (SSSR count). The lowest BCUT2D eigenvalue weighted by atomic mass is 9.80. The summed E-state index contributed by atoms with van der Waals surface area (Å²) in [6, 6.07) is 7.62. The number of amides is 3. The van der Waals surface area contributed by atoms with E-state index < -0.39 is 5.54 Å². The number of nitrogens with zero attached hydrogens (tertiary/aromatic N) is 2. The molecule has 1 N–H and O–H groups in total. The first-order valence-electron chi connectivity index (χ1n) is 8.48. The normalized spacial score (nSPS) is 28.3. The van der Waals surface area contributed by atoms with Gasteiger partial charge in [-0.15, -0.1) is 0 Å². The van der Waals surface area contributed by atoms with Crippen LogP contribution in [0.5, 0.6) is 0 Å². The fourth-order valence-electron chi connectivity index (χ4n) is 3.79. The molecule has 2 aliphatic rings. The van der Waals surface area contributed by atoms with Crippen LogP contribution >= 0.6 is 11.6 Å². The number of hydrogen-bond acceptors (Lipinski definition) is 3. The summed E-state index contributed by atoms with van der Waals surface area (Å²) in [5.74, 6) is 0.0179. The minimum atomic E-state index is -0.783. The second-order valence-corrected chi connectivity index (χ2v) is 7.39. The molecule has 2 aliphatic heterocycles. The molecule has 0 unspecified atom stereocenters. The molecule has 0 aliphatic carbocycles. The molecule has 2 fully saturated rings. The van der Waals surface area contributed by atoms with Crippen molar-refractivity contribution in [2.75, 3.05) is 26.7 Å². The molecule has 6 heteroatoms. The number of rotatable bonds is 4. The first-order valence-corrected chi connectivity index (χ1v) is 8.85. The van der Waals surface area contributed by atoms with E-state index in [1.165, 1.54) is 4.90 Å². The Kier molecular flexibility index (Phi) is 4.83. The number of likely N-dealkylation sites (N-methyl/N-ethyl adjacent to an activating group) is 1. The lowest BCUT2D eigenvalue weighted by molar-refractivity contribution is -0.132. The maximum Gasteiger partial charge on any atom is 0.324 e. The second kappa shape index (κ2) is 6.73. The van der Waals surface area contributed by atoms with Crippen LogP contribution in [0.3, 0.4) is 0 Å². The summed E-state index contributed by atoms with van der Waals surface area (Å²) in [6.45, 7) is 4.61. The number of imide groups is 1. The Balaban J connectivity index is 1.64. The maximum absolute atomic E-state index is 12.5. The van der Waals surface area contributed by atoms with Gasteiger partial charge in [0, 0.05) is 31.1 Å². The maximum atomic E-state index is 12.5. The molecule has 24 heavy (non-hydrogen) atoms. The molecule has 2 atom stereocenters. The smallest absolute Gasteiger partial charge is 0.323 e. The lowest BCUT2D eigenvalue weighted by Gasteiger charge is -2.39. The number of halogens is 1. The summed E-state index contributed by atoms with van der Waals surface area (Å²) in [5.41, 5.74) is 0.368. The predicted molar refractivity (Wildman–Crippen MR) is 94.0 cm³/mol. The molecule has 0 spiro atoms. The molecule has 0 bridgehead atoms. The Morgan fingerprint density at radius 2 is 2.08 bits per heavy atom. The van der Waals surface area contributed by atoms with Gasteiger partial charge in [0.25, 0.3) is 5.91 Å². The fourth-order valence-corrected chi connectivity index (χ4v) is 4.02. The highest BCUT2D eigenvalue weighted by molar-refractivity contribution is 6.31. The molecule has 130 valence electrons. The summed E-state index contributed by atoms with van der Waals surface area (Å²) in [7, 11) is 1.54. The van der Waals surface area contributed by atoms with Crippen molar-refractivity contribution in [3.05, 3.63) is 34.9 Å². The highest BCUT2D eigenvalue weighted by Crippen LogP contribution is 2.32. The predicted octanol–water partition coefficient (Wildman–Crippen LogP) is 2.53. The van der Waals surface area contributed by atoms with Crippen LogP contribution in [-0.4, -0.2) is 54.0 Å². The minimum Gasteiger partial charge on any atom is -0.323 e. The number of hydrogen-bond donors (Lipinski definition) is 1. The molecular weight excluding hydrogens is 326 g/mol. The zero-order chi connectivity index (χ0) is 17.3. The number of carbonyl (C=O) groups excluding carboxylic acids is 2. The zero-order valence-corrected chi connectivity index (χ0v) is 15.0. The van der Waals surface area contributed by atoms with Crippen LogP contribution in [0.2, 0.25) is 5.02 Å². The molecule has 0 saturated carbocycles. The highest BCUT2D eigenvalue weighted by atomic mass is 35.5. The third-order valence-electron chi connectivity index (χ3n) is 5.40. The first-order chi connectivity index (χ1) is 11.4. The van der Waals surface area contributed by atoms with Crippen LogP contribution in [-0.2, 0) is 11.2 Å². The minimum absolute atomic E-state index is 0.120. The summed E-state index contributed by atoms with van der Waals surface area (Å²) in [4.78, 5) is 27.9. The number of urea groups is 1. The Bertz CT molecular complexity index is 651. The van der Waals surface area contributed by atoms with E-state index in [1.54, 1.807) is 7.05 Å². The molecule has 1 aromatic carbocycles. The van der Waals surface area contributed by atoms with Crippen LogP contribution in [0.15, 0.2) is 24.3 Å². The van der Waals surface area contributed by atoms with Crippen molar-refractivity contribution in [1.82, 2.24) is 15.1 Å². The molecule has 2 heterocycles. The molecule has 0 radical (unpaired) electrons. The fraction of sp³-hybridized carbons (Fsp3) is 0.556. The first kappa shape index (κ1) is 17.2. The summed E-state index contributed by atoms with van der Waals surface area (Å²) < 4.78 is 0. The van der Waals surface area contributed by atoms with Gasteiger partial charge in [0.05, 0.1) is 0 Å². The van der Waals surface area contributed by atoms with Crippen molar-refractivity contribution in [2.45, 2.75) is 31.7 Å². The topological polar surface area (TPSA) is 52.7 Å². The summed E-state index contributed by atoms with van der Waals surface area (Å²) in [5, 5.41) is 3.70. The van der Waals surface area contributed by atoms with Crippen LogP contribution in [0.25, 0.3) is 0 Å². The van der Waals surface area contributed by atoms with E-state index in [-0.39, 0.29) is 17.9 Å². The van der Waals surface area contributed by atoms with Gasteiger partial charge in [-0.3, -0.25) is 9.69 Å². The van der Waals surface area contributed by atoms with Gasteiger partial charge < -0.3 is 10.2 Å². The average molecular weight is 350 g/mol. The van der Waals surface area contributed by atoms with Crippen LogP contribution in [0.1, 0.15) is 25.3 Å². The van der Waals surface area contributed by atoms with E-state index in [1.807, 2.05) is 25.1 Å². The monoisotopic (exact) mass is 349 g/mol. The van der Waals surface area contributed by atoms with Crippen molar-refractivity contribution in [2.24, 2.45) is 5.92 Å². The Morgan fingerprint density at radius 3 is 2.75 bits per heavy atom. The molecule has 3 amide bonds. The SMILES string of the molecule is CN1C(=O)N[C@](C)([C@@H]2CCCN(CCc3ccccc3Cl)C2)C1=O. The number of likely N-dealkylation sites (tertiary alicyclic amines) is 1. The largest absolute Gasteiger partial charge is 0.324 e. The van der Waals surface area contributed by atoms with Crippen LogP contribution in [0, 0.1) is 5.92 Å². The number of carbonyl (C=O) groups is 2. The highest BCUT2D eigenvalue weighted by Gasteiger charge is 2.51. The van der Waals surface area contributed by atoms with Crippen molar-refractivity contribution in [1.29, 1.82) is 0 Å². The Labute approximate surface area is 147 Å². The number of nitrogens with one attached hydrogen (secondary N) is 1. The van der Waals surface area contributed by atoms with E-state index in [9.17, 15) is 9.59 Å². The number of benzene rings is 1. The molecule has 2 saturated heterocycles. The summed E-state index contributed by atoms with van der Waals surface area (Å²) >= 11 is 6.23. The molecular formula is C18H24ClN3O2. The van der Waals surface area contributed by atoms with E-state index in [4.69, 9.17) is 11.6 Å². The van der Waals surface area contributed by atoms with Gasteiger partial charge in [0.1, 0.15) is 5.54 Å². The Morgan fingerprint density at radius 1 is 1.33 bits per heavy atom. The van der Waals surface area contributed by atoms with E-state index >= 15 is 0 Å². The third kappa shape index (κ3) is 3.15. The second-order valence-electron chi connectivity index (χ2n) is 6.98. The van der Waals surface area contributed by atoms with Gasteiger partial charge in [-0.05, 0) is 44.4 Å². The number of piperidine rings is 1. The third-order valence-corrected chi connectivity index (χ3v) is 5.77. The van der Waals surface area contributed by atoms with Crippen molar-refractivity contribution < 1.29 is 9.59 Å². The van der Waals surface area contributed by atoms with Gasteiger partial charge >= 0.3 is 6.03 Å². The van der Waals surface area contributed by atoms with Crippen LogP contribution in [0.4, 0.5) is 4.79 Å². The van der Waals surface area contributed by atoms with Gasteiger partial charge in [0.15, 0.2) is 0 Å².